The number of carbonyl (C=O) groups is 1. The zero-order valence-corrected chi connectivity index (χ0v) is 14.0. The lowest BCUT2D eigenvalue weighted by Crippen LogP contribution is -2.49. The van der Waals surface area contributed by atoms with Crippen molar-refractivity contribution in [2.24, 2.45) is 0 Å². The first-order chi connectivity index (χ1) is 12.2. The Morgan fingerprint density at radius 3 is 2.42 bits per heavy atom. The largest absolute Gasteiger partial charge is 0.433 e. The summed E-state index contributed by atoms with van der Waals surface area (Å²) in [4.78, 5) is 27.3. The minimum absolute atomic E-state index is 0.0265. The van der Waals surface area contributed by atoms with E-state index in [-0.39, 0.29) is 17.5 Å². The molecule has 1 aliphatic rings. The van der Waals surface area contributed by atoms with Gasteiger partial charge in [-0.05, 0) is 25.1 Å². The van der Waals surface area contributed by atoms with Crippen LogP contribution in [0.5, 0.6) is 0 Å². The summed E-state index contributed by atoms with van der Waals surface area (Å²) in [6, 6.07) is 4.05. The maximum absolute atomic E-state index is 12.9. The molecule has 0 bridgehead atoms. The van der Waals surface area contributed by atoms with Gasteiger partial charge in [0.05, 0.1) is 5.56 Å². The lowest BCUT2D eigenvalue weighted by molar-refractivity contribution is -0.141. The van der Waals surface area contributed by atoms with Crippen molar-refractivity contribution >= 4 is 17.7 Å². The highest BCUT2D eigenvalue weighted by molar-refractivity contribution is 5.94. The van der Waals surface area contributed by atoms with Crippen LogP contribution in [-0.4, -0.2) is 51.9 Å². The standard InChI is InChI=1S/C16H17F3N6O/c1-10-8-12(16(17,18)19)23-15(22-10)25-6-4-24(5-7-25)14(26)11-2-3-13(20)21-9-11/h2-3,8-9H,4-7H2,1H3,(H2,20,21). The van der Waals surface area contributed by atoms with Crippen molar-refractivity contribution in [3.8, 4) is 0 Å². The maximum Gasteiger partial charge on any atom is 0.433 e. The monoisotopic (exact) mass is 366 g/mol. The molecule has 0 radical (unpaired) electrons. The molecule has 3 heterocycles. The van der Waals surface area contributed by atoms with Crippen molar-refractivity contribution in [2.45, 2.75) is 13.1 Å². The molecule has 1 saturated heterocycles. The Labute approximate surface area is 147 Å². The van der Waals surface area contributed by atoms with E-state index in [0.29, 0.717) is 37.6 Å². The van der Waals surface area contributed by atoms with Crippen molar-refractivity contribution in [1.29, 1.82) is 0 Å². The molecular formula is C16H17F3N6O. The molecule has 138 valence electrons. The van der Waals surface area contributed by atoms with Gasteiger partial charge in [0, 0.05) is 38.1 Å². The molecule has 0 aromatic carbocycles. The quantitative estimate of drug-likeness (QED) is 0.871. The fourth-order valence-corrected chi connectivity index (χ4v) is 2.66. The average molecular weight is 366 g/mol. The number of anilines is 2. The van der Waals surface area contributed by atoms with Crippen molar-refractivity contribution in [3.63, 3.8) is 0 Å². The molecule has 1 aliphatic heterocycles. The van der Waals surface area contributed by atoms with Gasteiger partial charge in [0.15, 0.2) is 0 Å². The Hall–Kier alpha value is -2.91. The molecule has 0 atom stereocenters. The Balaban J connectivity index is 1.70. The summed E-state index contributed by atoms with van der Waals surface area (Å²) in [5.74, 6) is 0.153. The number of alkyl halides is 3. The van der Waals surface area contributed by atoms with Gasteiger partial charge in [-0.15, -0.1) is 0 Å². The van der Waals surface area contributed by atoms with Crippen LogP contribution in [0.4, 0.5) is 24.9 Å². The van der Waals surface area contributed by atoms with E-state index in [0.717, 1.165) is 6.07 Å². The number of carbonyl (C=O) groups excluding carboxylic acids is 1. The second-order valence-corrected chi connectivity index (χ2v) is 5.94. The minimum atomic E-state index is -4.53. The Kier molecular flexibility index (Phi) is 4.66. The number of piperazine rings is 1. The number of amides is 1. The molecule has 1 fully saturated rings. The smallest absolute Gasteiger partial charge is 0.384 e. The van der Waals surface area contributed by atoms with Crippen LogP contribution < -0.4 is 10.6 Å². The highest BCUT2D eigenvalue weighted by Crippen LogP contribution is 2.29. The van der Waals surface area contributed by atoms with E-state index in [4.69, 9.17) is 5.73 Å². The Morgan fingerprint density at radius 2 is 1.85 bits per heavy atom. The van der Waals surface area contributed by atoms with E-state index >= 15 is 0 Å². The lowest BCUT2D eigenvalue weighted by Gasteiger charge is -2.35. The van der Waals surface area contributed by atoms with Gasteiger partial charge < -0.3 is 15.5 Å². The molecule has 3 rings (SSSR count). The predicted octanol–water partition coefficient (Wildman–Crippen LogP) is 1.74. The van der Waals surface area contributed by atoms with Crippen molar-refractivity contribution < 1.29 is 18.0 Å². The SMILES string of the molecule is Cc1cc(C(F)(F)F)nc(N2CCN(C(=O)c3ccc(N)nc3)CC2)n1. The molecule has 10 heteroatoms. The fraction of sp³-hybridized carbons (Fsp3) is 0.375. The van der Waals surface area contributed by atoms with Crippen LogP contribution >= 0.6 is 0 Å². The number of nitrogen functional groups attached to an aromatic ring is 1. The number of hydrogen-bond donors (Lipinski definition) is 1. The highest BCUT2D eigenvalue weighted by atomic mass is 19.4. The van der Waals surface area contributed by atoms with Gasteiger partial charge in [-0.1, -0.05) is 0 Å². The van der Waals surface area contributed by atoms with Crippen LogP contribution in [0.1, 0.15) is 21.7 Å². The van der Waals surface area contributed by atoms with Crippen molar-refractivity contribution in [2.75, 3.05) is 36.8 Å². The summed E-state index contributed by atoms with van der Waals surface area (Å²) in [7, 11) is 0. The first-order valence-electron chi connectivity index (χ1n) is 7.92. The van der Waals surface area contributed by atoms with Crippen LogP contribution in [0.15, 0.2) is 24.4 Å². The molecular weight excluding hydrogens is 349 g/mol. The van der Waals surface area contributed by atoms with Crippen LogP contribution in [0, 0.1) is 6.92 Å². The lowest BCUT2D eigenvalue weighted by atomic mass is 10.2. The third-order valence-corrected chi connectivity index (χ3v) is 4.02. The molecule has 0 saturated carbocycles. The first kappa shape index (κ1) is 17.9. The summed E-state index contributed by atoms with van der Waals surface area (Å²) in [6.45, 7) is 2.88. The van der Waals surface area contributed by atoms with Crippen LogP contribution in [0.25, 0.3) is 0 Å². The molecule has 1 amide bonds. The fourth-order valence-electron chi connectivity index (χ4n) is 2.66. The average Bonchev–Trinajstić information content (AvgIpc) is 2.61. The highest BCUT2D eigenvalue weighted by Gasteiger charge is 2.34. The van der Waals surface area contributed by atoms with Gasteiger partial charge in [0.2, 0.25) is 5.95 Å². The number of nitrogens with zero attached hydrogens (tertiary/aromatic N) is 5. The number of aromatic nitrogens is 3. The van der Waals surface area contributed by atoms with Gasteiger partial charge in [-0.25, -0.2) is 15.0 Å². The van der Waals surface area contributed by atoms with E-state index in [1.165, 1.54) is 13.1 Å². The van der Waals surface area contributed by atoms with Crippen LogP contribution in [0.2, 0.25) is 0 Å². The normalized spacial score (nSPS) is 15.2. The molecule has 2 N–H and O–H groups in total. The topological polar surface area (TPSA) is 88.2 Å². The van der Waals surface area contributed by atoms with Gasteiger partial charge in [-0.2, -0.15) is 13.2 Å². The number of hydrogen-bond acceptors (Lipinski definition) is 6. The van der Waals surface area contributed by atoms with Gasteiger partial charge in [0.1, 0.15) is 11.5 Å². The number of pyridine rings is 1. The molecule has 2 aromatic rings. The van der Waals surface area contributed by atoms with Crippen molar-refractivity contribution in [3.05, 3.63) is 41.3 Å². The maximum atomic E-state index is 12.9. The zero-order valence-electron chi connectivity index (χ0n) is 14.0. The minimum Gasteiger partial charge on any atom is -0.384 e. The second-order valence-electron chi connectivity index (χ2n) is 5.94. The van der Waals surface area contributed by atoms with E-state index in [2.05, 4.69) is 15.0 Å². The van der Waals surface area contributed by atoms with E-state index < -0.39 is 11.9 Å². The number of rotatable bonds is 2. The predicted molar refractivity (Wildman–Crippen MR) is 88.5 cm³/mol. The number of aryl methyl sites for hydroxylation is 1. The molecule has 2 aromatic heterocycles. The van der Waals surface area contributed by atoms with Gasteiger partial charge >= 0.3 is 6.18 Å². The Bertz CT molecular complexity index is 801. The number of nitrogens with two attached hydrogens (primary N) is 1. The third-order valence-electron chi connectivity index (χ3n) is 4.02. The Morgan fingerprint density at radius 1 is 1.15 bits per heavy atom. The summed E-state index contributed by atoms with van der Waals surface area (Å²) < 4.78 is 38.8. The zero-order chi connectivity index (χ0) is 18.9. The molecule has 0 aliphatic carbocycles. The second kappa shape index (κ2) is 6.77. The molecule has 0 unspecified atom stereocenters. The summed E-state index contributed by atoms with van der Waals surface area (Å²) in [5, 5.41) is 0. The molecule has 26 heavy (non-hydrogen) atoms. The summed E-state index contributed by atoms with van der Waals surface area (Å²) in [5.41, 5.74) is 5.20. The summed E-state index contributed by atoms with van der Waals surface area (Å²) in [6.07, 6.45) is -3.12. The number of halogens is 3. The van der Waals surface area contributed by atoms with Crippen molar-refractivity contribution in [1.82, 2.24) is 19.9 Å². The van der Waals surface area contributed by atoms with E-state index in [1.807, 2.05) is 0 Å². The van der Waals surface area contributed by atoms with Gasteiger partial charge in [0.25, 0.3) is 5.91 Å². The third kappa shape index (κ3) is 3.84. The first-order valence-corrected chi connectivity index (χ1v) is 7.92. The summed E-state index contributed by atoms with van der Waals surface area (Å²) >= 11 is 0. The van der Waals surface area contributed by atoms with Crippen LogP contribution in [-0.2, 0) is 6.18 Å². The molecule has 7 nitrogen and oxygen atoms in total. The van der Waals surface area contributed by atoms with E-state index in [1.54, 1.807) is 21.9 Å². The molecule has 0 spiro atoms. The van der Waals surface area contributed by atoms with Crippen LogP contribution in [0.3, 0.4) is 0 Å². The van der Waals surface area contributed by atoms with Gasteiger partial charge in [-0.3, -0.25) is 4.79 Å². The van der Waals surface area contributed by atoms with E-state index in [9.17, 15) is 18.0 Å².